The molecule has 0 aliphatic carbocycles. The maximum atomic E-state index is 11.8. The summed E-state index contributed by atoms with van der Waals surface area (Å²) in [6.07, 6.45) is 3.97. The number of aliphatic carboxylic acids is 1. The fourth-order valence-corrected chi connectivity index (χ4v) is 4.66. The number of hydrogen-bond donors (Lipinski definition) is 2. The molecule has 2 aromatic rings. The van der Waals surface area contributed by atoms with Gasteiger partial charge < -0.3 is 20.6 Å². The molecule has 2 heterocycles. The molecule has 6 nitrogen and oxygen atoms in total. The highest BCUT2D eigenvalue weighted by molar-refractivity contribution is 6.33. The third-order valence-corrected chi connectivity index (χ3v) is 6.50. The second-order valence-electron chi connectivity index (χ2n) is 8.16. The molecule has 4 rings (SSSR count). The number of benzene rings is 2. The predicted octanol–water partition coefficient (Wildman–Crippen LogP) is 3.91. The molecule has 160 valence electrons. The van der Waals surface area contributed by atoms with Crippen LogP contribution in [0.5, 0.6) is 5.75 Å². The average molecular weight is 431 g/mol. The van der Waals surface area contributed by atoms with Gasteiger partial charge in [-0.15, -0.1) is 0 Å². The van der Waals surface area contributed by atoms with Crippen LogP contribution in [0.1, 0.15) is 35.4 Å². The van der Waals surface area contributed by atoms with Crippen molar-refractivity contribution in [3.05, 3.63) is 58.1 Å². The van der Waals surface area contributed by atoms with Gasteiger partial charge in [-0.05, 0) is 61.9 Å². The van der Waals surface area contributed by atoms with Crippen LogP contribution < -0.4 is 10.6 Å². The number of piperidine rings is 1. The molecule has 30 heavy (non-hydrogen) atoms. The quantitative estimate of drug-likeness (QED) is 0.533. The van der Waals surface area contributed by atoms with E-state index in [4.69, 9.17) is 27.1 Å². The van der Waals surface area contributed by atoms with Gasteiger partial charge in [-0.3, -0.25) is 4.79 Å². The summed E-state index contributed by atoms with van der Waals surface area (Å²) in [5.41, 5.74) is 9.15. The van der Waals surface area contributed by atoms with Crippen LogP contribution in [-0.2, 0) is 22.5 Å². The maximum absolute atomic E-state index is 11.8. The summed E-state index contributed by atoms with van der Waals surface area (Å²) >= 11 is 6.30. The Morgan fingerprint density at radius 3 is 2.67 bits per heavy atom. The second-order valence-corrected chi connectivity index (χ2v) is 8.56. The third kappa shape index (κ3) is 4.56. The number of likely N-dealkylation sites (tertiary alicyclic amines) is 1. The molecule has 1 unspecified atom stereocenters. The van der Waals surface area contributed by atoms with Crippen molar-refractivity contribution in [1.82, 2.24) is 4.90 Å². The van der Waals surface area contributed by atoms with Crippen molar-refractivity contribution in [2.45, 2.75) is 31.6 Å². The molecule has 0 aromatic heterocycles. The zero-order chi connectivity index (χ0) is 21.1. The largest absolute Gasteiger partial charge is 0.481 e. The number of carboxylic acid groups (broad SMARTS) is 1. The number of rotatable bonds is 6. The van der Waals surface area contributed by atoms with E-state index in [9.17, 15) is 9.90 Å². The van der Waals surface area contributed by atoms with Crippen LogP contribution in [0.25, 0.3) is 0 Å². The van der Waals surface area contributed by atoms with Gasteiger partial charge in [0.2, 0.25) is 0 Å². The fourth-order valence-electron chi connectivity index (χ4n) is 4.44. The molecule has 1 fully saturated rings. The number of carboxylic acids is 1. The summed E-state index contributed by atoms with van der Waals surface area (Å²) in [4.78, 5) is 24.5. The smallest absolute Gasteiger partial charge is 0.313 e. The van der Waals surface area contributed by atoms with Gasteiger partial charge in [0.25, 0.3) is 0 Å². The Hall–Kier alpha value is -2.28. The molecule has 1 saturated heterocycles. The maximum Gasteiger partial charge on any atom is 0.313 e. The van der Waals surface area contributed by atoms with Gasteiger partial charge in [0.05, 0.1) is 10.7 Å². The van der Waals surface area contributed by atoms with E-state index in [1.54, 1.807) is 0 Å². The van der Waals surface area contributed by atoms with Crippen molar-refractivity contribution >= 4 is 23.3 Å². The lowest BCUT2D eigenvalue weighted by molar-refractivity contribution is -0.222. The van der Waals surface area contributed by atoms with E-state index in [2.05, 4.69) is 29.2 Å². The third-order valence-electron chi connectivity index (χ3n) is 6.19. The molecule has 0 saturated carbocycles. The molecule has 0 bridgehead atoms. The number of fused-ring (bicyclic) bond motifs is 1. The summed E-state index contributed by atoms with van der Waals surface area (Å²) in [6.45, 7) is 3.12. The van der Waals surface area contributed by atoms with Gasteiger partial charge in [0.1, 0.15) is 12.5 Å². The molecule has 2 aliphatic rings. The summed E-state index contributed by atoms with van der Waals surface area (Å²) in [5.74, 6) is -1.01. The molecule has 0 spiro atoms. The molecular weight excluding hydrogens is 404 g/mol. The zero-order valence-corrected chi connectivity index (χ0v) is 17.6. The van der Waals surface area contributed by atoms with Crippen LogP contribution in [0.4, 0.5) is 5.69 Å². The van der Waals surface area contributed by atoms with Crippen LogP contribution in [0, 0.1) is 5.92 Å². The number of halogens is 1. The molecular formula is C23H27ClN2O4. The van der Waals surface area contributed by atoms with Gasteiger partial charge in [-0.25, -0.2) is 0 Å². The first-order valence-corrected chi connectivity index (χ1v) is 10.8. The monoisotopic (exact) mass is 430 g/mol. The van der Waals surface area contributed by atoms with E-state index in [0.717, 1.165) is 50.9 Å². The van der Waals surface area contributed by atoms with E-state index in [1.807, 2.05) is 12.1 Å². The molecule has 2 aliphatic heterocycles. The van der Waals surface area contributed by atoms with Crippen molar-refractivity contribution in [3.63, 3.8) is 0 Å². The van der Waals surface area contributed by atoms with Crippen molar-refractivity contribution in [1.29, 1.82) is 0 Å². The summed E-state index contributed by atoms with van der Waals surface area (Å²) in [6, 6.07) is 12.4. The fraction of sp³-hybridized carbons (Fsp3) is 0.435. The lowest BCUT2D eigenvalue weighted by atomic mass is 9.84. The molecule has 3 N–H and O–H groups in total. The van der Waals surface area contributed by atoms with Gasteiger partial charge in [-0.2, -0.15) is 4.89 Å². The Morgan fingerprint density at radius 1 is 1.23 bits per heavy atom. The first-order chi connectivity index (χ1) is 14.5. The topological polar surface area (TPSA) is 85.0 Å². The number of hydrogen-bond acceptors (Lipinski definition) is 5. The van der Waals surface area contributed by atoms with Gasteiger partial charge >= 0.3 is 5.97 Å². The second kappa shape index (κ2) is 9.25. The molecule has 0 amide bonds. The lowest BCUT2D eigenvalue weighted by Crippen LogP contribution is -2.36. The Morgan fingerprint density at radius 2 is 1.97 bits per heavy atom. The van der Waals surface area contributed by atoms with E-state index in [1.165, 1.54) is 5.56 Å². The van der Waals surface area contributed by atoms with E-state index in [-0.39, 0.29) is 18.0 Å². The standard InChI is InChI=1S/C23H27ClN2O4/c24-19-13-17(20-18(23(27)28)14-29-30-22(20)21(19)25)12-16-7-10-26(11-8-16)9-6-15-4-2-1-3-5-15/h1-5,13,16,18H,6-12,14,25H2,(H,27,28). The van der Waals surface area contributed by atoms with Gasteiger partial charge in [0.15, 0.2) is 5.75 Å². The van der Waals surface area contributed by atoms with E-state index in [0.29, 0.717) is 16.5 Å². The Kier molecular flexibility index (Phi) is 6.46. The van der Waals surface area contributed by atoms with Crippen molar-refractivity contribution in [2.24, 2.45) is 5.92 Å². The number of nitrogen functional groups attached to an aromatic ring is 1. The highest BCUT2D eigenvalue weighted by Gasteiger charge is 2.35. The van der Waals surface area contributed by atoms with Crippen LogP contribution in [0.2, 0.25) is 5.02 Å². The van der Waals surface area contributed by atoms with Crippen molar-refractivity contribution in [3.8, 4) is 5.75 Å². The molecule has 7 heteroatoms. The number of nitrogens with zero attached hydrogens (tertiary/aromatic N) is 1. The average Bonchev–Trinajstić information content (AvgIpc) is 2.77. The normalized spacial score (nSPS) is 19.8. The van der Waals surface area contributed by atoms with Gasteiger partial charge in [-0.1, -0.05) is 41.9 Å². The molecule has 1 atom stereocenters. The highest BCUT2D eigenvalue weighted by atomic mass is 35.5. The number of carbonyl (C=O) groups is 1. The van der Waals surface area contributed by atoms with Crippen LogP contribution >= 0.6 is 11.6 Å². The Bertz CT molecular complexity index is 898. The number of anilines is 1. The minimum Gasteiger partial charge on any atom is -0.481 e. The predicted molar refractivity (Wildman–Crippen MR) is 116 cm³/mol. The summed E-state index contributed by atoms with van der Waals surface area (Å²) in [5, 5.41) is 10.0. The summed E-state index contributed by atoms with van der Waals surface area (Å²) < 4.78 is 0. The first kappa shape index (κ1) is 21.0. The van der Waals surface area contributed by atoms with E-state index >= 15 is 0 Å². The molecule has 2 aromatic carbocycles. The Labute approximate surface area is 181 Å². The molecule has 0 radical (unpaired) electrons. The van der Waals surface area contributed by atoms with Crippen molar-refractivity contribution < 1.29 is 19.7 Å². The zero-order valence-electron chi connectivity index (χ0n) is 16.9. The van der Waals surface area contributed by atoms with Crippen LogP contribution in [0.15, 0.2) is 36.4 Å². The summed E-state index contributed by atoms with van der Waals surface area (Å²) in [7, 11) is 0. The minimum atomic E-state index is -0.946. The lowest BCUT2D eigenvalue weighted by Gasteiger charge is -2.33. The SMILES string of the molecule is Nc1c(Cl)cc(CC2CCN(CCc3ccccc3)CC2)c2c1OOCC2C(=O)O. The first-order valence-electron chi connectivity index (χ1n) is 10.4. The minimum absolute atomic E-state index is 0.0334. The van der Waals surface area contributed by atoms with Crippen LogP contribution in [-0.4, -0.2) is 42.2 Å². The van der Waals surface area contributed by atoms with E-state index < -0.39 is 11.9 Å². The Balaban J connectivity index is 1.42. The van der Waals surface area contributed by atoms with Crippen LogP contribution in [0.3, 0.4) is 0 Å². The van der Waals surface area contributed by atoms with Crippen molar-refractivity contribution in [2.75, 3.05) is 32.0 Å². The number of nitrogens with two attached hydrogens (primary N) is 1. The highest BCUT2D eigenvalue weighted by Crippen LogP contribution is 2.44. The van der Waals surface area contributed by atoms with Gasteiger partial charge in [0, 0.05) is 12.1 Å².